The fourth-order valence-electron chi connectivity index (χ4n) is 2.65. The number of benzene rings is 1. The normalized spacial score (nSPS) is 15.7. The molecule has 2 aromatic rings. The van der Waals surface area contributed by atoms with Gasteiger partial charge in [0.25, 0.3) is 10.0 Å². The molecular formula is C15H19N3O4S. The molecule has 124 valence electrons. The van der Waals surface area contributed by atoms with E-state index in [1.807, 2.05) is 18.2 Å². The summed E-state index contributed by atoms with van der Waals surface area (Å²) in [6.07, 6.45) is 0. The largest absolute Gasteiger partial charge is 0.378 e. The fourth-order valence-corrected chi connectivity index (χ4v) is 4.03. The maximum absolute atomic E-state index is 12.5. The van der Waals surface area contributed by atoms with Crippen molar-refractivity contribution in [3.63, 3.8) is 0 Å². The molecule has 1 aromatic heterocycles. The summed E-state index contributed by atoms with van der Waals surface area (Å²) in [5, 5.41) is 3.70. The molecular weight excluding hydrogens is 318 g/mol. The van der Waals surface area contributed by atoms with Gasteiger partial charge in [-0.25, -0.2) is 8.42 Å². The van der Waals surface area contributed by atoms with Crippen LogP contribution in [0.2, 0.25) is 0 Å². The van der Waals surface area contributed by atoms with Crippen LogP contribution in [0.4, 0.5) is 11.4 Å². The number of nitrogens with zero attached hydrogens (tertiary/aromatic N) is 2. The van der Waals surface area contributed by atoms with Gasteiger partial charge in [-0.15, -0.1) is 0 Å². The summed E-state index contributed by atoms with van der Waals surface area (Å²) in [6, 6.07) is 7.33. The van der Waals surface area contributed by atoms with Crippen LogP contribution in [0, 0.1) is 13.8 Å². The van der Waals surface area contributed by atoms with Gasteiger partial charge >= 0.3 is 0 Å². The lowest BCUT2D eigenvalue weighted by Gasteiger charge is -2.29. The molecule has 0 unspecified atom stereocenters. The van der Waals surface area contributed by atoms with Crippen molar-refractivity contribution in [1.29, 1.82) is 0 Å². The summed E-state index contributed by atoms with van der Waals surface area (Å²) in [5.74, 6) is 0.277. The summed E-state index contributed by atoms with van der Waals surface area (Å²) in [7, 11) is -3.73. The van der Waals surface area contributed by atoms with E-state index in [0.717, 1.165) is 18.8 Å². The van der Waals surface area contributed by atoms with Crippen LogP contribution in [0.5, 0.6) is 0 Å². The van der Waals surface area contributed by atoms with Crippen LogP contribution >= 0.6 is 0 Å². The van der Waals surface area contributed by atoms with Crippen LogP contribution in [-0.4, -0.2) is 39.9 Å². The van der Waals surface area contributed by atoms with Crippen molar-refractivity contribution in [3.05, 3.63) is 35.7 Å². The third-order valence-corrected chi connectivity index (χ3v) is 5.34. The monoisotopic (exact) mass is 337 g/mol. The molecule has 7 nitrogen and oxygen atoms in total. The van der Waals surface area contributed by atoms with Crippen molar-refractivity contribution in [2.75, 3.05) is 35.9 Å². The molecule has 8 heteroatoms. The lowest BCUT2D eigenvalue weighted by atomic mass is 10.2. The SMILES string of the molecule is Cc1noc(C)c1S(=O)(=O)Nc1cccc(N2CCOCC2)c1. The highest BCUT2D eigenvalue weighted by molar-refractivity contribution is 7.92. The molecule has 0 aliphatic carbocycles. The average molecular weight is 337 g/mol. The first kappa shape index (κ1) is 15.8. The van der Waals surface area contributed by atoms with Crippen LogP contribution in [-0.2, 0) is 14.8 Å². The number of aryl methyl sites for hydroxylation is 2. The average Bonchev–Trinajstić information content (AvgIpc) is 2.88. The number of nitrogens with one attached hydrogen (secondary N) is 1. The molecule has 1 aliphatic rings. The first-order chi connectivity index (χ1) is 11.0. The quantitative estimate of drug-likeness (QED) is 0.918. The van der Waals surface area contributed by atoms with Crippen molar-refractivity contribution in [2.45, 2.75) is 18.7 Å². The van der Waals surface area contributed by atoms with E-state index in [0.29, 0.717) is 24.6 Å². The highest BCUT2D eigenvalue weighted by atomic mass is 32.2. The fraction of sp³-hybridized carbons (Fsp3) is 0.400. The molecule has 1 N–H and O–H groups in total. The van der Waals surface area contributed by atoms with Crippen LogP contribution in [0.3, 0.4) is 0 Å². The van der Waals surface area contributed by atoms with Gasteiger partial charge in [0.2, 0.25) is 0 Å². The second-order valence-electron chi connectivity index (χ2n) is 5.41. The molecule has 0 saturated carbocycles. The summed E-state index contributed by atoms with van der Waals surface area (Å²) in [4.78, 5) is 2.26. The first-order valence-electron chi connectivity index (χ1n) is 7.36. The van der Waals surface area contributed by atoms with Crippen LogP contribution in [0.1, 0.15) is 11.5 Å². The van der Waals surface area contributed by atoms with Gasteiger partial charge in [0.15, 0.2) is 10.7 Å². The van der Waals surface area contributed by atoms with Gasteiger partial charge in [-0.2, -0.15) is 0 Å². The van der Waals surface area contributed by atoms with Crippen molar-refractivity contribution >= 4 is 21.4 Å². The second-order valence-corrected chi connectivity index (χ2v) is 7.03. The predicted octanol–water partition coefficient (Wildman–Crippen LogP) is 1.93. The number of hydrogen-bond donors (Lipinski definition) is 1. The van der Waals surface area contributed by atoms with E-state index >= 15 is 0 Å². The van der Waals surface area contributed by atoms with Gasteiger partial charge in [0.05, 0.1) is 18.9 Å². The lowest BCUT2D eigenvalue weighted by Crippen LogP contribution is -2.36. The molecule has 0 radical (unpaired) electrons. The number of anilines is 2. The summed E-state index contributed by atoms with van der Waals surface area (Å²) in [6.45, 7) is 6.12. The highest BCUT2D eigenvalue weighted by Gasteiger charge is 2.24. The van der Waals surface area contributed by atoms with Crippen LogP contribution in [0.25, 0.3) is 0 Å². The summed E-state index contributed by atoms with van der Waals surface area (Å²) >= 11 is 0. The van der Waals surface area contributed by atoms with E-state index in [4.69, 9.17) is 9.26 Å². The third-order valence-electron chi connectivity index (χ3n) is 3.71. The molecule has 1 saturated heterocycles. The van der Waals surface area contributed by atoms with Gasteiger partial charge in [-0.1, -0.05) is 11.2 Å². The summed E-state index contributed by atoms with van der Waals surface area (Å²) < 4.78 is 38.0. The molecule has 1 aromatic carbocycles. The summed E-state index contributed by atoms with van der Waals surface area (Å²) in [5.41, 5.74) is 1.82. The number of ether oxygens (including phenoxy) is 1. The molecule has 0 spiro atoms. The zero-order valence-corrected chi connectivity index (χ0v) is 13.9. The maximum atomic E-state index is 12.5. The highest BCUT2D eigenvalue weighted by Crippen LogP contribution is 2.25. The van der Waals surface area contributed by atoms with Gasteiger partial charge in [-0.3, -0.25) is 4.72 Å². The Hall–Kier alpha value is -2.06. The van der Waals surface area contributed by atoms with E-state index in [1.165, 1.54) is 0 Å². The first-order valence-corrected chi connectivity index (χ1v) is 8.84. The van der Waals surface area contributed by atoms with Crippen molar-refractivity contribution in [3.8, 4) is 0 Å². The van der Waals surface area contributed by atoms with E-state index in [2.05, 4.69) is 14.8 Å². The molecule has 2 heterocycles. The van der Waals surface area contributed by atoms with E-state index in [9.17, 15) is 8.42 Å². The Morgan fingerprint density at radius 2 is 1.96 bits per heavy atom. The Kier molecular flexibility index (Phi) is 4.27. The van der Waals surface area contributed by atoms with Gasteiger partial charge in [0, 0.05) is 18.8 Å². The topological polar surface area (TPSA) is 84.7 Å². The Labute approximate surface area is 135 Å². The molecule has 0 atom stereocenters. The molecule has 1 fully saturated rings. The van der Waals surface area contributed by atoms with Gasteiger partial charge in [-0.05, 0) is 32.0 Å². The van der Waals surface area contributed by atoms with Crippen molar-refractivity contribution in [2.24, 2.45) is 0 Å². The molecule has 23 heavy (non-hydrogen) atoms. The van der Waals surface area contributed by atoms with Crippen LogP contribution in [0.15, 0.2) is 33.7 Å². The van der Waals surface area contributed by atoms with Gasteiger partial charge < -0.3 is 14.2 Å². The molecule has 1 aliphatic heterocycles. The van der Waals surface area contributed by atoms with Gasteiger partial charge in [0.1, 0.15) is 5.69 Å². The van der Waals surface area contributed by atoms with Crippen LogP contribution < -0.4 is 9.62 Å². The Morgan fingerprint density at radius 1 is 1.22 bits per heavy atom. The maximum Gasteiger partial charge on any atom is 0.267 e. The van der Waals surface area contributed by atoms with E-state index < -0.39 is 10.0 Å². The van der Waals surface area contributed by atoms with E-state index in [1.54, 1.807) is 19.9 Å². The number of sulfonamides is 1. The second kappa shape index (κ2) is 6.21. The van der Waals surface area contributed by atoms with E-state index in [-0.39, 0.29) is 10.7 Å². The zero-order chi connectivity index (χ0) is 16.4. The Morgan fingerprint density at radius 3 is 2.61 bits per heavy atom. The number of hydrogen-bond acceptors (Lipinski definition) is 6. The number of aromatic nitrogens is 1. The minimum Gasteiger partial charge on any atom is -0.378 e. The van der Waals surface area contributed by atoms with Crippen molar-refractivity contribution in [1.82, 2.24) is 5.16 Å². The zero-order valence-electron chi connectivity index (χ0n) is 13.1. The molecule has 0 amide bonds. The number of morpholine rings is 1. The lowest BCUT2D eigenvalue weighted by molar-refractivity contribution is 0.122. The Balaban J connectivity index is 1.85. The molecule has 3 rings (SSSR count). The Bertz CT molecular complexity index is 775. The minimum atomic E-state index is -3.73. The third kappa shape index (κ3) is 3.32. The number of rotatable bonds is 4. The molecule has 0 bridgehead atoms. The standard InChI is InChI=1S/C15H19N3O4S/c1-11-15(12(2)22-16-11)23(19,20)17-13-4-3-5-14(10-13)18-6-8-21-9-7-18/h3-5,10,17H,6-9H2,1-2H3. The predicted molar refractivity (Wildman–Crippen MR) is 86.3 cm³/mol. The minimum absolute atomic E-state index is 0.0919. The van der Waals surface area contributed by atoms with Crippen molar-refractivity contribution < 1.29 is 17.7 Å². The smallest absolute Gasteiger partial charge is 0.267 e.